The predicted molar refractivity (Wildman–Crippen MR) is 91.1 cm³/mol. The van der Waals surface area contributed by atoms with Crippen LogP contribution < -0.4 is 0 Å². The Morgan fingerprint density at radius 1 is 1.26 bits per heavy atom. The average Bonchev–Trinajstić information content (AvgIpc) is 2.79. The monoisotopic (exact) mass is 310 g/mol. The number of aromatic hydroxyl groups is 1. The SMILES string of the molecule is C#CC[C@]1(O)CCC2C3CCc4cc(O)ccc4C3CC[C@@]21C. The van der Waals surface area contributed by atoms with E-state index in [4.69, 9.17) is 6.42 Å². The molecule has 4 rings (SSSR count). The molecule has 0 aromatic heterocycles. The van der Waals surface area contributed by atoms with Gasteiger partial charge in [0.05, 0.1) is 5.60 Å². The second kappa shape index (κ2) is 5.02. The molecular formula is C21H26O2. The fourth-order valence-electron chi connectivity index (χ4n) is 6.14. The van der Waals surface area contributed by atoms with Crippen molar-refractivity contribution < 1.29 is 10.2 Å². The van der Waals surface area contributed by atoms with Gasteiger partial charge in [0.25, 0.3) is 0 Å². The highest BCUT2D eigenvalue weighted by atomic mass is 16.3. The highest BCUT2D eigenvalue weighted by molar-refractivity contribution is 5.40. The molecule has 2 fully saturated rings. The molecule has 3 aliphatic rings. The van der Waals surface area contributed by atoms with Gasteiger partial charge in [0.1, 0.15) is 5.75 Å². The van der Waals surface area contributed by atoms with Crippen LogP contribution >= 0.6 is 0 Å². The molecule has 2 saturated carbocycles. The van der Waals surface area contributed by atoms with Crippen LogP contribution in [-0.2, 0) is 6.42 Å². The molecular weight excluding hydrogens is 284 g/mol. The minimum absolute atomic E-state index is 0.0328. The van der Waals surface area contributed by atoms with Crippen molar-refractivity contribution in [2.75, 3.05) is 0 Å². The Bertz CT molecular complexity index is 673. The molecule has 2 heteroatoms. The summed E-state index contributed by atoms with van der Waals surface area (Å²) in [4.78, 5) is 0. The number of hydrogen-bond donors (Lipinski definition) is 2. The molecule has 2 N–H and O–H groups in total. The molecule has 1 aromatic carbocycles. The van der Waals surface area contributed by atoms with Crippen LogP contribution in [0.25, 0.3) is 0 Å². The fraction of sp³-hybridized carbons (Fsp3) is 0.619. The van der Waals surface area contributed by atoms with Gasteiger partial charge in [-0.2, -0.15) is 0 Å². The van der Waals surface area contributed by atoms with Crippen molar-refractivity contribution in [3.8, 4) is 18.1 Å². The van der Waals surface area contributed by atoms with Crippen LogP contribution in [0.5, 0.6) is 5.75 Å². The van der Waals surface area contributed by atoms with Crippen molar-refractivity contribution in [1.82, 2.24) is 0 Å². The standard InChI is InChI=1S/C21H26O2/c1-3-10-21(23)12-9-19-18-6-4-14-13-15(22)5-7-16(14)17(18)8-11-20(19,21)2/h1,5,7,13,17-19,22-23H,4,6,8-12H2,2H3/t17?,18?,19?,20-,21-/m0/s1. The van der Waals surface area contributed by atoms with E-state index in [1.807, 2.05) is 12.1 Å². The summed E-state index contributed by atoms with van der Waals surface area (Å²) in [6, 6.07) is 5.91. The minimum atomic E-state index is -0.674. The zero-order valence-electron chi connectivity index (χ0n) is 13.9. The van der Waals surface area contributed by atoms with Gasteiger partial charge in [0.15, 0.2) is 0 Å². The van der Waals surface area contributed by atoms with E-state index in [9.17, 15) is 10.2 Å². The molecule has 122 valence electrons. The quantitative estimate of drug-likeness (QED) is 0.770. The summed E-state index contributed by atoms with van der Waals surface area (Å²) < 4.78 is 0. The molecule has 0 saturated heterocycles. The van der Waals surface area contributed by atoms with Crippen LogP contribution in [-0.4, -0.2) is 15.8 Å². The maximum absolute atomic E-state index is 11.2. The van der Waals surface area contributed by atoms with Gasteiger partial charge in [-0.1, -0.05) is 13.0 Å². The first-order chi connectivity index (χ1) is 11.0. The molecule has 0 spiro atoms. The summed E-state index contributed by atoms with van der Waals surface area (Å²) >= 11 is 0. The Balaban J connectivity index is 1.69. The first kappa shape index (κ1) is 15.1. The minimum Gasteiger partial charge on any atom is -0.508 e. The largest absolute Gasteiger partial charge is 0.508 e. The summed E-state index contributed by atoms with van der Waals surface area (Å²) in [5, 5.41) is 20.9. The zero-order chi connectivity index (χ0) is 16.2. The molecule has 3 aliphatic carbocycles. The second-order valence-electron chi connectivity index (χ2n) is 8.21. The molecule has 23 heavy (non-hydrogen) atoms. The van der Waals surface area contributed by atoms with E-state index < -0.39 is 5.60 Å². The number of fused-ring (bicyclic) bond motifs is 5. The van der Waals surface area contributed by atoms with Gasteiger partial charge < -0.3 is 10.2 Å². The molecule has 1 aromatic rings. The van der Waals surface area contributed by atoms with Gasteiger partial charge in [0, 0.05) is 11.8 Å². The van der Waals surface area contributed by atoms with Crippen LogP contribution in [0.3, 0.4) is 0 Å². The third-order valence-corrected chi connectivity index (χ3v) is 7.43. The normalized spacial score (nSPS) is 41.5. The zero-order valence-corrected chi connectivity index (χ0v) is 13.9. The third-order valence-electron chi connectivity index (χ3n) is 7.43. The van der Waals surface area contributed by atoms with Crippen LogP contribution in [0.4, 0.5) is 0 Å². The van der Waals surface area contributed by atoms with Crippen molar-refractivity contribution in [2.45, 2.75) is 63.4 Å². The van der Waals surface area contributed by atoms with E-state index in [-0.39, 0.29) is 5.41 Å². The van der Waals surface area contributed by atoms with E-state index in [2.05, 4.69) is 18.9 Å². The molecule has 2 nitrogen and oxygen atoms in total. The van der Waals surface area contributed by atoms with Gasteiger partial charge in [-0.3, -0.25) is 0 Å². The first-order valence-corrected chi connectivity index (χ1v) is 8.96. The van der Waals surface area contributed by atoms with Crippen molar-refractivity contribution in [3.63, 3.8) is 0 Å². The number of aliphatic hydroxyl groups is 1. The Kier molecular flexibility index (Phi) is 3.29. The summed E-state index contributed by atoms with van der Waals surface area (Å²) in [6.07, 6.45) is 12.4. The summed E-state index contributed by atoms with van der Waals surface area (Å²) in [5.41, 5.74) is 2.06. The number of hydrogen-bond acceptors (Lipinski definition) is 2. The Morgan fingerprint density at radius 3 is 2.87 bits per heavy atom. The smallest absolute Gasteiger partial charge is 0.115 e. The topological polar surface area (TPSA) is 40.5 Å². The van der Waals surface area contributed by atoms with Crippen molar-refractivity contribution in [2.24, 2.45) is 17.3 Å². The lowest BCUT2D eigenvalue weighted by atomic mass is 9.53. The molecule has 3 unspecified atom stereocenters. The summed E-state index contributed by atoms with van der Waals surface area (Å²) in [7, 11) is 0. The van der Waals surface area contributed by atoms with Crippen LogP contribution in [0.1, 0.15) is 62.5 Å². The molecule has 0 aliphatic heterocycles. The lowest BCUT2D eigenvalue weighted by Gasteiger charge is -2.53. The van der Waals surface area contributed by atoms with Gasteiger partial charge in [-0.25, -0.2) is 0 Å². The number of benzene rings is 1. The van der Waals surface area contributed by atoms with Gasteiger partial charge in [0.2, 0.25) is 0 Å². The highest BCUT2D eigenvalue weighted by Gasteiger charge is 2.61. The van der Waals surface area contributed by atoms with Crippen molar-refractivity contribution in [1.29, 1.82) is 0 Å². The Labute approximate surface area is 138 Å². The number of terminal acetylenes is 1. The van der Waals surface area contributed by atoms with Crippen LogP contribution in [0.15, 0.2) is 18.2 Å². The van der Waals surface area contributed by atoms with Gasteiger partial charge in [-0.05, 0) is 79.5 Å². The molecule has 0 bridgehead atoms. The van der Waals surface area contributed by atoms with Gasteiger partial charge >= 0.3 is 0 Å². The van der Waals surface area contributed by atoms with Crippen LogP contribution in [0.2, 0.25) is 0 Å². The van der Waals surface area contributed by atoms with E-state index in [1.165, 1.54) is 17.5 Å². The maximum atomic E-state index is 11.2. The lowest BCUT2D eigenvalue weighted by Crippen LogP contribution is -2.50. The predicted octanol–water partition coefficient (Wildman–Crippen LogP) is 4.00. The number of aryl methyl sites for hydroxylation is 1. The molecule has 5 atom stereocenters. The van der Waals surface area contributed by atoms with Crippen molar-refractivity contribution >= 4 is 0 Å². The van der Waals surface area contributed by atoms with Crippen LogP contribution in [0, 0.1) is 29.6 Å². The molecule has 0 radical (unpaired) electrons. The van der Waals surface area contributed by atoms with Crippen molar-refractivity contribution in [3.05, 3.63) is 29.3 Å². The molecule has 0 amide bonds. The van der Waals surface area contributed by atoms with E-state index >= 15 is 0 Å². The highest BCUT2D eigenvalue weighted by Crippen LogP contribution is 2.64. The van der Waals surface area contributed by atoms with E-state index in [0.29, 0.717) is 29.9 Å². The summed E-state index contributed by atoms with van der Waals surface area (Å²) in [5.74, 6) is 4.92. The Hall–Kier alpha value is -1.46. The number of rotatable bonds is 1. The third kappa shape index (κ3) is 1.99. The Morgan fingerprint density at radius 2 is 2.09 bits per heavy atom. The number of phenolic OH excluding ortho intramolecular Hbond substituents is 1. The van der Waals surface area contributed by atoms with Gasteiger partial charge in [-0.15, -0.1) is 12.3 Å². The lowest BCUT2D eigenvalue weighted by molar-refractivity contribution is -0.0990. The fourth-order valence-corrected chi connectivity index (χ4v) is 6.14. The maximum Gasteiger partial charge on any atom is 0.115 e. The second-order valence-corrected chi connectivity index (χ2v) is 8.21. The average molecular weight is 310 g/mol. The van der Waals surface area contributed by atoms with E-state index in [1.54, 1.807) is 0 Å². The molecule has 0 heterocycles. The first-order valence-electron chi connectivity index (χ1n) is 8.96. The number of phenols is 1. The summed E-state index contributed by atoms with van der Waals surface area (Å²) in [6.45, 7) is 2.28. The van der Waals surface area contributed by atoms with E-state index in [0.717, 1.165) is 32.1 Å².